The Labute approximate surface area is 189 Å². The minimum absolute atomic E-state index is 0.0725. The first-order valence-corrected chi connectivity index (χ1v) is 10.3. The summed E-state index contributed by atoms with van der Waals surface area (Å²) in [5, 5.41) is 3.20. The second-order valence-electron chi connectivity index (χ2n) is 7.02. The van der Waals surface area contributed by atoms with Crippen LogP contribution in [0.3, 0.4) is 0 Å². The standard InChI is InChI=1S/C24H20ClN3O4/c1-16-7-6-12-28-23(30)13-17(26-24(16)28)14-31-21-11-5-3-9-19(21)27-22(29)15-32-20-10-4-2-8-18(20)25/h2-13H,14-15H2,1H3,(H,27,29). The van der Waals surface area contributed by atoms with Crippen LogP contribution in [-0.2, 0) is 11.4 Å². The fraction of sp³-hybridized carbons (Fsp3) is 0.125. The molecule has 2 aromatic heterocycles. The van der Waals surface area contributed by atoms with Gasteiger partial charge in [0.1, 0.15) is 23.8 Å². The number of carbonyl (C=O) groups excluding carboxylic acids is 1. The number of amides is 1. The predicted octanol–water partition coefficient (Wildman–Crippen LogP) is 4.25. The van der Waals surface area contributed by atoms with Gasteiger partial charge in [-0.25, -0.2) is 4.98 Å². The van der Waals surface area contributed by atoms with Crippen molar-refractivity contribution < 1.29 is 14.3 Å². The number of hydrogen-bond donors (Lipinski definition) is 1. The highest BCUT2D eigenvalue weighted by Gasteiger charge is 2.11. The predicted molar refractivity (Wildman–Crippen MR) is 123 cm³/mol. The average Bonchev–Trinajstić information content (AvgIpc) is 2.79. The van der Waals surface area contributed by atoms with Gasteiger partial charge in [-0.05, 0) is 42.8 Å². The average molecular weight is 450 g/mol. The molecule has 0 radical (unpaired) electrons. The van der Waals surface area contributed by atoms with Gasteiger partial charge in [-0.15, -0.1) is 0 Å². The maximum absolute atomic E-state index is 12.4. The smallest absolute Gasteiger partial charge is 0.262 e. The summed E-state index contributed by atoms with van der Waals surface area (Å²) in [7, 11) is 0. The van der Waals surface area contributed by atoms with Gasteiger partial charge in [0.2, 0.25) is 0 Å². The molecule has 0 fully saturated rings. The van der Waals surface area contributed by atoms with Crippen molar-refractivity contribution in [3.63, 3.8) is 0 Å². The lowest BCUT2D eigenvalue weighted by molar-refractivity contribution is -0.118. The summed E-state index contributed by atoms with van der Waals surface area (Å²) in [4.78, 5) is 29.3. The van der Waals surface area contributed by atoms with Gasteiger partial charge < -0.3 is 14.8 Å². The highest BCUT2D eigenvalue weighted by Crippen LogP contribution is 2.25. The molecule has 0 aliphatic rings. The van der Waals surface area contributed by atoms with Gasteiger partial charge in [0.15, 0.2) is 6.61 Å². The highest BCUT2D eigenvalue weighted by atomic mass is 35.5. The number of pyridine rings is 1. The third-order valence-electron chi connectivity index (χ3n) is 4.67. The lowest BCUT2D eigenvalue weighted by Crippen LogP contribution is -2.21. The molecule has 0 atom stereocenters. The van der Waals surface area contributed by atoms with E-state index in [1.54, 1.807) is 60.8 Å². The Kier molecular flexibility index (Phi) is 6.37. The van der Waals surface area contributed by atoms with E-state index in [9.17, 15) is 9.59 Å². The summed E-state index contributed by atoms with van der Waals surface area (Å²) < 4.78 is 12.8. The van der Waals surface area contributed by atoms with E-state index >= 15 is 0 Å². The number of nitrogens with zero attached hydrogens (tertiary/aromatic N) is 2. The number of carbonyl (C=O) groups is 1. The van der Waals surface area contributed by atoms with Crippen LogP contribution in [0.4, 0.5) is 5.69 Å². The Morgan fingerprint density at radius 3 is 2.59 bits per heavy atom. The molecule has 32 heavy (non-hydrogen) atoms. The largest absolute Gasteiger partial charge is 0.485 e. The molecular weight excluding hydrogens is 430 g/mol. The van der Waals surface area contributed by atoms with Crippen LogP contribution in [0, 0.1) is 6.92 Å². The van der Waals surface area contributed by atoms with Gasteiger partial charge in [0.05, 0.1) is 16.4 Å². The molecule has 162 valence electrons. The molecule has 0 spiro atoms. The number of rotatable bonds is 7. The molecular formula is C24H20ClN3O4. The first kappa shape index (κ1) is 21.4. The Morgan fingerprint density at radius 1 is 1.03 bits per heavy atom. The van der Waals surface area contributed by atoms with E-state index in [2.05, 4.69) is 10.3 Å². The molecule has 1 amide bonds. The highest BCUT2D eigenvalue weighted by molar-refractivity contribution is 6.32. The summed E-state index contributed by atoms with van der Waals surface area (Å²) in [6, 6.07) is 19.1. The number of aryl methyl sites for hydroxylation is 1. The zero-order valence-corrected chi connectivity index (χ0v) is 18.0. The summed E-state index contributed by atoms with van der Waals surface area (Å²) in [5.74, 6) is 0.516. The van der Waals surface area contributed by atoms with E-state index in [1.807, 2.05) is 13.0 Å². The van der Waals surface area contributed by atoms with Crippen molar-refractivity contribution in [2.75, 3.05) is 11.9 Å². The van der Waals surface area contributed by atoms with Crippen molar-refractivity contribution in [3.05, 3.63) is 99.6 Å². The molecule has 0 bridgehead atoms. The van der Waals surface area contributed by atoms with Crippen LogP contribution in [0.25, 0.3) is 5.65 Å². The number of ether oxygens (including phenoxy) is 2. The fourth-order valence-corrected chi connectivity index (χ4v) is 3.31. The van der Waals surface area contributed by atoms with Gasteiger partial charge in [-0.1, -0.05) is 41.9 Å². The van der Waals surface area contributed by atoms with Crippen LogP contribution < -0.4 is 20.3 Å². The van der Waals surface area contributed by atoms with E-state index < -0.39 is 0 Å². The van der Waals surface area contributed by atoms with Crippen LogP contribution in [-0.4, -0.2) is 21.9 Å². The lowest BCUT2D eigenvalue weighted by atomic mass is 10.2. The first-order valence-electron chi connectivity index (χ1n) is 9.88. The van der Waals surface area contributed by atoms with Crippen molar-refractivity contribution >= 4 is 28.8 Å². The molecule has 0 aliphatic carbocycles. The van der Waals surface area contributed by atoms with E-state index in [0.29, 0.717) is 33.6 Å². The Hall–Kier alpha value is -3.84. The third-order valence-corrected chi connectivity index (χ3v) is 4.98. The van der Waals surface area contributed by atoms with Crippen LogP contribution in [0.5, 0.6) is 11.5 Å². The normalized spacial score (nSPS) is 10.7. The molecule has 0 unspecified atom stereocenters. The topological polar surface area (TPSA) is 81.9 Å². The lowest BCUT2D eigenvalue weighted by Gasteiger charge is -2.13. The van der Waals surface area contributed by atoms with Crippen LogP contribution in [0.2, 0.25) is 5.02 Å². The number of hydrogen-bond acceptors (Lipinski definition) is 5. The van der Waals surface area contributed by atoms with Crippen molar-refractivity contribution in [3.8, 4) is 11.5 Å². The van der Waals surface area contributed by atoms with Crippen LogP contribution in [0.15, 0.2) is 77.7 Å². The molecule has 8 heteroatoms. The van der Waals surface area contributed by atoms with Gasteiger partial charge in [0.25, 0.3) is 11.5 Å². The van der Waals surface area contributed by atoms with Gasteiger partial charge in [0, 0.05) is 12.3 Å². The molecule has 1 N–H and O–H groups in total. The Bertz CT molecular complexity index is 1340. The van der Waals surface area contributed by atoms with E-state index in [1.165, 1.54) is 10.5 Å². The van der Waals surface area contributed by atoms with Crippen molar-refractivity contribution in [1.29, 1.82) is 0 Å². The number of halogens is 1. The SMILES string of the molecule is Cc1cccn2c(=O)cc(COc3ccccc3NC(=O)COc3ccccc3Cl)nc12. The fourth-order valence-electron chi connectivity index (χ4n) is 3.12. The maximum Gasteiger partial charge on any atom is 0.262 e. The minimum atomic E-state index is -0.362. The summed E-state index contributed by atoms with van der Waals surface area (Å²) >= 11 is 6.04. The van der Waals surface area contributed by atoms with Gasteiger partial charge in [-0.2, -0.15) is 0 Å². The molecule has 7 nitrogen and oxygen atoms in total. The number of para-hydroxylation sites is 3. The summed E-state index contributed by atoms with van der Waals surface area (Å²) in [5.41, 5.74) is 2.26. The summed E-state index contributed by atoms with van der Waals surface area (Å²) in [6.07, 6.45) is 1.68. The van der Waals surface area contributed by atoms with Crippen LogP contribution >= 0.6 is 11.6 Å². The monoisotopic (exact) mass is 449 g/mol. The van der Waals surface area contributed by atoms with Crippen molar-refractivity contribution in [2.45, 2.75) is 13.5 Å². The zero-order chi connectivity index (χ0) is 22.5. The second-order valence-corrected chi connectivity index (χ2v) is 7.43. The second kappa shape index (κ2) is 9.53. The number of nitrogens with one attached hydrogen (secondary N) is 1. The molecule has 2 heterocycles. The Morgan fingerprint density at radius 2 is 1.78 bits per heavy atom. The Balaban J connectivity index is 1.44. The molecule has 4 aromatic rings. The molecule has 4 rings (SSSR count). The van der Waals surface area contributed by atoms with E-state index in [4.69, 9.17) is 21.1 Å². The molecule has 0 saturated heterocycles. The van der Waals surface area contributed by atoms with E-state index in [0.717, 1.165) is 5.56 Å². The minimum Gasteiger partial charge on any atom is -0.485 e. The molecule has 0 saturated carbocycles. The van der Waals surface area contributed by atoms with Gasteiger partial charge >= 0.3 is 0 Å². The number of fused-ring (bicyclic) bond motifs is 1. The zero-order valence-electron chi connectivity index (χ0n) is 17.2. The molecule has 2 aromatic carbocycles. The quantitative estimate of drug-likeness (QED) is 0.456. The number of aromatic nitrogens is 2. The number of anilines is 1. The van der Waals surface area contributed by atoms with Crippen LogP contribution in [0.1, 0.15) is 11.3 Å². The van der Waals surface area contributed by atoms with Crippen molar-refractivity contribution in [2.24, 2.45) is 0 Å². The first-order chi connectivity index (χ1) is 15.5. The maximum atomic E-state index is 12.4. The molecule has 0 aliphatic heterocycles. The van der Waals surface area contributed by atoms with Crippen molar-refractivity contribution in [1.82, 2.24) is 9.38 Å². The van der Waals surface area contributed by atoms with Gasteiger partial charge in [-0.3, -0.25) is 14.0 Å². The number of benzene rings is 2. The van der Waals surface area contributed by atoms with E-state index in [-0.39, 0.29) is 24.7 Å². The third kappa shape index (κ3) is 4.90. The summed E-state index contributed by atoms with van der Waals surface area (Å²) in [6.45, 7) is 1.76.